The monoisotopic (exact) mass is 429 g/mol. The van der Waals surface area contributed by atoms with Gasteiger partial charge in [0.2, 0.25) is 5.91 Å². The van der Waals surface area contributed by atoms with Crippen LogP contribution in [0, 0.1) is 11.6 Å². The van der Waals surface area contributed by atoms with E-state index < -0.39 is 17.4 Å². The number of hydrogen-bond acceptors (Lipinski definition) is 5. The summed E-state index contributed by atoms with van der Waals surface area (Å²) < 4.78 is 32.7. The Morgan fingerprint density at radius 3 is 2.42 bits per heavy atom. The minimum atomic E-state index is -0.741. The summed E-state index contributed by atoms with van der Waals surface area (Å²) in [6, 6.07) is 8.37. The second-order valence-corrected chi connectivity index (χ2v) is 7.86. The number of nitrogens with zero attached hydrogens (tertiary/aromatic N) is 2. The highest BCUT2D eigenvalue weighted by Gasteiger charge is 2.23. The Morgan fingerprint density at radius 1 is 1.03 bits per heavy atom. The summed E-state index contributed by atoms with van der Waals surface area (Å²) in [6.07, 6.45) is 1.80. The molecule has 1 N–H and O–H groups in total. The molecular weight excluding hydrogens is 404 g/mol. The SMILES string of the molecule is COc1c(F)cc(N2CCN(C(=O)CNc3ccc4c(c3)CCC(=O)C4)CC2)cc1F. The number of carbonyl (C=O) groups excluding carboxylic acids is 2. The Kier molecular flexibility index (Phi) is 6.06. The predicted octanol–water partition coefficient (Wildman–Crippen LogP) is 2.79. The molecule has 31 heavy (non-hydrogen) atoms. The Hall–Kier alpha value is -3.16. The van der Waals surface area contributed by atoms with Crippen LogP contribution in [0.25, 0.3) is 0 Å². The van der Waals surface area contributed by atoms with Crippen LogP contribution in [-0.2, 0) is 22.4 Å². The third-order valence-corrected chi connectivity index (χ3v) is 5.90. The van der Waals surface area contributed by atoms with Crippen molar-refractivity contribution in [2.24, 2.45) is 0 Å². The van der Waals surface area contributed by atoms with Gasteiger partial charge in [-0.1, -0.05) is 6.07 Å². The number of amides is 1. The average Bonchev–Trinajstić information content (AvgIpc) is 2.77. The van der Waals surface area contributed by atoms with E-state index in [4.69, 9.17) is 4.74 Å². The van der Waals surface area contributed by atoms with Gasteiger partial charge in [0.05, 0.1) is 13.7 Å². The molecule has 8 heteroatoms. The van der Waals surface area contributed by atoms with Gasteiger partial charge in [-0.2, -0.15) is 0 Å². The summed E-state index contributed by atoms with van der Waals surface area (Å²) in [5.74, 6) is -1.64. The Morgan fingerprint density at radius 2 is 1.74 bits per heavy atom. The maximum Gasteiger partial charge on any atom is 0.241 e. The van der Waals surface area contributed by atoms with Crippen LogP contribution in [0.2, 0.25) is 0 Å². The molecule has 1 amide bonds. The van der Waals surface area contributed by atoms with Crippen molar-refractivity contribution in [3.8, 4) is 5.75 Å². The number of fused-ring (bicyclic) bond motifs is 1. The van der Waals surface area contributed by atoms with Crippen molar-refractivity contribution in [1.29, 1.82) is 0 Å². The molecule has 0 radical (unpaired) electrons. The first-order chi connectivity index (χ1) is 14.9. The van der Waals surface area contributed by atoms with Crippen LogP contribution >= 0.6 is 0 Å². The lowest BCUT2D eigenvalue weighted by molar-refractivity contribution is -0.129. The molecule has 6 nitrogen and oxygen atoms in total. The maximum absolute atomic E-state index is 14.0. The highest BCUT2D eigenvalue weighted by Crippen LogP contribution is 2.28. The molecule has 2 aliphatic rings. The molecule has 1 aliphatic heterocycles. The van der Waals surface area contributed by atoms with Gasteiger partial charge >= 0.3 is 0 Å². The van der Waals surface area contributed by atoms with Crippen molar-refractivity contribution in [3.63, 3.8) is 0 Å². The molecular formula is C23H25F2N3O3. The lowest BCUT2D eigenvalue weighted by Gasteiger charge is -2.36. The zero-order valence-electron chi connectivity index (χ0n) is 17.4. The van der Waals surface area contributed by atoms with Crippen LogP contribution in [0.5, 0.6) is 5.75 Å². The average molecular weight is 429 g/mol. The van der Waals surface area contributed by atoms with Gasteiger partial charge in [-0.05, 0) is 29.7 Å². The third-order valence-electron chi connectivity index (χ3n) is 5.90. The highest BCUT2D eigenvalue weighted by atomic mass is 19.1. The van der Waals surface area contributed by atoms with Gasteiger partial charge < -0.3 is 19.9 Å². The van der Waals surface area contributed by atoms with Crippen molar-refractivity contribution in [2.75, 3.05) is 50.1 Å². The molecule has 0 spiro atoms. The van der Waals surface area contributed by atoms with Gasteiger partial charge in [-0.25, -0.2) is 8.78 Å². The van der Waals surface area contributed by atoms with E-state index >= 15 is 0 Å². The topological polar surface area (TPSA) is 61.9 Å². The molecule has 0 atom stereocenters. The fraction of sp³-hybridized carbons (Fsp3) is 0.391. The predicted molar refractivity (Wildman–Crippen MR) is 114 cm³/mol. The largest absolute Gasteiger partial charge is 0.491 e. The number of nitrogens with one attached hydrogen (secondary N) is 1. The Labute approximate surface area is 179 Å². The van der Waals surface area contributed by atoms with Crippen molar-refractivity contribution in [2.45, 2.75) is 19.3 Å². The van der Waals surface area contributed by atoms with Gasteiger partial charge in [-0.3, -0.25) is 9.59 Å². The second-order valence-electron chi connectivity index (χ2n) is 7.86. The summed E-state index contributed by atoms with van der Waals surface area (Å²) >= 11 is 0. The summed E-state index contributed by atoms with van der Waals surface area (Å²) in [4.78, 5) is 27.8. The number of hydrogen-bond donors (Lipinski definition) is 1. The third kappa shape index (κ3) is 4.62. The van der Waals surface area contributed by atoms with E-state index in [1.54, 1.807) is 4.90 Å². The number of rotatable bonds is 5. The quantitative estimate of drug-likeness (QED) is 0.792. The first-order valence-electron chi connectivity index (χ1n) is 10.4. The van der Waals surface area contributed by atoms with Crippen molar-refractivity contribution in [3.05, 3.63) is 53.1 Å². The second kappa shape index (κ2) is 8.91. The summed E-state index contributed by atoms with van der Waals surface area (Å²) in [5, 5.41) is 3.17. The van der Waals surface area contributed by atoms with Gasteiger partial charge in [-0.15, -0.1) is 0 Å². The van der Waals surface area contributed by atoms with E-state index in [2.05, 4.69) is 5.32 Å². The molecule has 164 valence electrons. The lowest BCUT2D eigenvalue weighted by Crippen LogP contribution is -2.50. The van der Waals surface area contributed by atoms with E-state index in [0.717, 1.165) is 23.2 Å². The van der Waals surface area contributed by atoms with Gasteiger partial charge in [0.15, 0.2) is 17.4 Å². The molecule has 1 fully saturated rings. The number of halogens is 2. The minimum Gasteiger partial charge on any atom is -0.491 e. The molecule has 1 aliphatic carbocycles. The van der Waals surface area contributed by atoms with Crippen molar-refractivity contribution in [1.82, 2.24) is 4.90 Å². The lowest BCUT2D eigenvalue weighted by atomic mass is 9.90. The van der Waals surface area contributed by atoms with Crippen LogP contribution in [0.4, 0.5) is 20.2 Å². The number of anilines is 2. The number of aryl methyl sites for hydroxylation is 1. The fourth-order valence-corrected chi connectivity index (χ4v) is 4.14. The fourth-order valence-electron chi connectivity index (χ4n) is 4.14. The van der Waals surface area contributed by atoms with Crippen LogP contribution < -0.4 is 15.0 Å². The number of benzene rings is 2. The zero-order valence-corrected chi connectivity index (χ0v) is 17.4. The van der Waals surface area contributed by atoms with Crippen LogP contribution in [0.1, 0.15) is 17.5 Å². The van der Waals surface area contributed by atoms with Gasteiger partial charge in [0.25, 0.3) is 0 Å². The van der Waals surface area contributed by atoms with Gasteiger partial charge in [0, 0.05) is 62.5 Å². The zero-order chi connectivity index (χ0) is 22.0. The molecule has 4 rings (SSSR count). The number of ketones is 1. The van der Waals surface area contributed by atoms with E-state index in [9.17, 15) is 18.4 Å². The molecule has 0 unspecified atom stereocenters. The normalized spacial score (nSPS) is 16.2. The molecule has 1 saturated heterocycles. The number of carbonyl (C=O) groups is 2. The molecule has 0 saturated carbocycles. The van der Waals surface area contributed by atoms with Crippen LogP contribution in [0.15, 0.2) is 30.3 Å². The number of ether oxygens (including phenoxy) is 1. The standard InChI is InChI=1S/C23H25F2N3O3/c1-31-23-20(24)12-18(13-21(23)25)27-6-8-28(9-7-27)22(30)14-26-17-4-2-16-11-19(29)5-3-15(16)10-17/h2,4,10,12-13,26H,3,5-9,11,14H2,1H3. The first-order valence-corrected chi connectivity index (χ1v) is 10.4. The van der Waals surface area contributed by atoms with Gasteiger partial charge in [0.1, 0.15) is 5.78 Å². The van der Waals surface area contributed by atoms with Crippen molar-refractivity contribution >= 4 is 23.1 Å². The molecule has 0 bridgehead atoms. The Balaban J connectivity index is 1.30. The summed E-state index contributed by atoms with van der Waals surface area (Å²) in [6.45, 7) is 2.10. The van der Waals surface area contributed by atoms with Crippen LogP contribution in [-0.4, -0.2) is 56.4 Å². The van der Waals surface area contributed by atoms with E-state index in [0.29, 0.717) is 44.7 Å². The number of piperazine rings is 1. The number of methoxy groups -OCH3 is 1. The highest BCUT2D eigenvalue weighted by molar-refractivity contribution is 5.84. The molecule has 1 heterocycles. The first kappa shape index (κ1) is 21.1. The van der Waals surface area contributed by atoms with E-state index in [-0.39, 0.29) is 18.2 Å². The van der Waals surface area contributed by atoms with E-state index in [1.165, 1.54) is 19.2 Å². The molecule has 2 aromatic rings. The molecule has 2 aromatic carbocycles. The minimum absolute atomic E-state index is 0.0281. The van der Waals surface area contributed by atoms with Crippen LogP contribution in [0.3, 0.4) is 0 Å². The van der Waals surface area contributed by atoms with Crippen molar-refractivity contribution < 1.29 is 23.1 Å². The summed E-state index contributed by atoms with van der Waals surface area (Å²) in [7, 11) is 1.23. The summed E-state index contributed by atoms with van der Waals surface area (Å²) in [5.41, 5.74) is 3.53. The Bertz CT molecular complexity index is 981. The van der Waals surface area contributed by atoms with E-state index in [1.807, 2.05) is 23.1 Å². The smallest absolute Gasteiger partial charge is 0.241 e. The maximum atomic E-state index is 14.0. The molecule has 0 aromatic heterocycles. The number of Topliss-reactive ketones (excluding diaryl/α,β-unsaturated/α-hetero) is 1.